The quantitative estimate of drug-likeness (QED) is 0.613. The lowest BCUT2D eigenvalue weighted by Crippen LogP contribution is -1.93. The van der Waals surface area contributed by atoms with Crippen molar-refractivity contribution in [1.29, 1.82) is 0 Å². The highest BCUT2D eigenvalue weighted by Crippen LogP contribution is 2.18. The first kappa shape index (κ1) is 12.6. The van der Waals surface area contributed by atoms with Crippen LogP contribution in [0.3, 0.4) is 0 Å². The van der Waals surface area contributed by atoms with Crippen molar-refractivity contribution in [2.24, 2.45) is 0 Å². The Hall–Kier alpha value is -1.87. The lowest BCUT2D eigenvalue weighted by molar-refractivity contribution is 0.104. The molecule has 18 heavy (non-hydrogen) atoms. The van der Waals surface area contributed by atoms with Crippen LogP contribution < -0.4 is 4.74 Å². The highest BCUT2D eigenvalue weighted by molar-refractivity contribution is 7.11. The van der Waals surface area contributed by atoms with Crippen LogP contribution in [0.5, 0.6) is 5.75 Å². The normalized spacial score (nSPS) is 10.8. The lowest BCUT2D eigenvalue weighted by atomic mass is 10.1. The highest BCUT2D eigenvalue weighted by atomic mass is 32.1. The lowest BCUT2D eigenvalue weighted by Gasteiger charge is -2.00. The van der Waals surface area contributed by atoms with E-state index in [9.17, 15) is 4.79 Å². The second kappa shape index (κ2) is 5.65. The second-order valence-electron chi connectivity index (χ2n) is 3.89. The van der Waals surface area contributed by atoms with Crippen LogP contribution in [0.2, 0.25) is 0 Å². The topological polar surface area (TPSA) is 26.3 Å². The monoisotopic (exact) mass is 258 g/mol. The third kappa shape index (κ3) is 2.87. The number of carbonyl (C=O) groups excluding carboxylic acids is 1. The average Bonchev–Trinajstić information content (AvgIpc) is 2.81. The summed E-state index contributed by atoms with van der Waals surface area (Å²) in [5.41, 5.74) is 1.86. The molecule has 0 amide bonds. The number of benzene rings is 1. The predicted octanol–water partition coefficient (Wildman–Crippen LogP) is 3.96. The molecule has 2 aromatic rings. The Morgan fingerprint density at radius 3 is 2.50 bits per heavy atom. The van der Waals surface area contributed by atoms with Crippen molar-refractivity contribution in [3.05, 3.63) is 57.8 Å². The molecule has 0 bridgehead atoms. The zero-order chi connectivity index (χ0) is 13.0. The molecule has 0 aliphatic rings. The number of rotatable bonds is 4. The van der Waals surface area contributed by atoms with Crippen LogP contribution in [0, 0.1) is 6.92 Å². The number of methoxy groups -OCH3 is 1. The smallest absolute Gasteiger partial charge is 0.185 e. The van der Waals surface area contributed by atoms with E-state index in [-0.39, 0.29) is 5.78 Å². The van der Waals surface area contributed by atoms with Gasteiger partial charge in [-0.25, -0.2) is 0 Å². The van der Waals surface area contributed by atoms with Gasteiger partial charge in [0.2, 0.25) is 0 Å². The maximum absolute atomic E-state index is 11.9. The molecular formula is C15H14O2S. The summed E-state index contributed by atoms with van der Waals surface area (Å²) in [6.45, 7) is 2.04. The third-order valence-electron chi connectivity index (χ3n) is 2.66. The number of ketones is 1. The standard InChI is InChI=1S/C15H14O2S/c1-11-9-10-18-15(11)8-7-14(16)12-3-5-13(17-2)6-4-12/h3-10H,1-2H3. The van der Waals surface area contributed by atoms with Gasteiger partial charge in [0.25, 0.3) is 0 Å². The van der Waals surface area contributed by atoms with E-state index in [1.54, 1.807) is 48.8 Å². The fourth-order valence-corrected chi connectivity index (χ4v) is 2.38. The van der Waals surface area contributed by atoms with Crippen molar-refractivity contribution >= 4 is 23.2 Å². The molecule has 1 heterocycles. The van der Waals surface area contributed by atoms with Crippen LogP contribution in [0.15, 0.2) is 41.8 Å². The summed E-state index contributed by atoms with van der Waals surface area (Å²) < 4.78 is 5.06. The Balaban J connectivity index is 2.12. The maximum atomic E-state index is 11.9. The van der Waals surface area contributed by atoms with E-state index in [4.69, 9.17) is 4.74 Å². The highest BCUT2D eigenvalue weighted by Gasteiger charge is 2.02. The summed E-state index contributed by atoms with van der Waals surface area (Å²) in [5.74, 6) is 0.759. The molecule has 0 fully saturated rings. The first-order chi connectivity index (χ1) is 8.70. The first-order valence-corrected chi connectivity index (χ1v) is 6.49. The second-order valence-corrected chi connectivity index (χ2v) is 4.84. The van der Waals surface area contributed by atoms with Crippen LogP contribution in [0.1, 0.15) is 20.8 Å². The van der Waals surface area contributed by atoms with Crippen LogP contribution in [-0.2, 0) is 0 Å². The molecule has 0 aliphatic carbocycles. The van der Waals surface area contributed by atoms with Crippen molar-refractivity contribution in [1.82, 2.24) is 0 Å². The molecule has 0 unspecified atom stereocenters. The molecular weight excluding hydrogens is 244 g/mol. The van der Waals surface area contributed by atoms with E-state index in [0.29, 0.717) is 5.56 Å². The summed E-state index contributed by atoms with van der Waals surface area (Å²) in [6, 6.07) is 9.16. The van der Waals surface area contributed by atoms with Gasteiger partial charge in [0.1, 0.15) is 5.75 Å². The summed E-state index contributed by atoms with van der Waals surface area (Å²) in [5, 5.41) is 2.02. The van der Waals surface area contributed by atoms with Crippen molar-refractivity contribution in [2.75, 3.05) is 7.11 Å². The number of allylic oxidation sites excluding steroid dienone is 1. The van der Waals surface area contributed by atoms with Crippen LogP contribution in [-0.4, -0.2) is 12.9 Å². The Morgan fingerprint density at radius 2 is 1.94 bits per heavy atom. The molecule has 0 spiro atoms. The van der Waals surface area contributed by atoms with Crippen molar-refractivity contribution in [3.8, 4) is 5.75 Å². The summed E-state index contributed by atoms with van der Waals surface area (Å²) in [4.78, 5) is 13.0. The fraction of sp³-hybridized carbons (Fsp3) is 0.133. The Morgan fingerprint density at radius 1 is 1.22 bits per heavy atom. The zero-order valence-corrected chi connectivity index (χ0v) is 11.2. The molecule has 0 saturated carbocycles. The van der Waals surface area contributed by atoms with Gasteiger partial charge < -0.3 is 4.74 Å². The maximum Gasteiger partial charge on any atom is 0.185 e. The van der Waals surface area contributed by atoms with Crippen LogP contribution >= 0.6 is 11.3 Å². The Labute approximate surface area is 111 Å². The molecule has 1 aromatic carbocycles. The number of thiophene rings is 1. The molecule has 3 heteroatoms. The van der Waals surface area contributed by atoms with E-state index >= 15 is 0 Å². The molecule has 0 atom stereocenters. The number of ether oxygens (including phenoxy) is 1. The number of hydrogen-bond donors (Lipinski definition) is 0. The third-order valence-corrected chi connectivity index (χ3v) is 3.65. The zero-order valence-electron chi connectivity index (χ0n) is 10.3. The van der Waals surface area contributed by atoms with Gasteiger partial charge in [-0.1, -0.05) is 0 Å². The molecule has 0 N–H and O–H groups in total. The van der Waals surface area contributed by atoms with Crippen LogP contribution in [0.4, 0.5) is 0 Å². The molecule has 0 radical (unpaired) electrons. The Bertz CT molecular complexity index is 564. The Kier molecular flexibility index (Phi) is 3.95. The van der Waals surface area contributed by atoms with Gasteiger partial charge in [0, 0.05) is 10.4 Å². The van der Waals surface area contributed by atoms with Gasteiger partial charge in [-0.05, 0) is 60.4 Å². The minimum absolute atomic E-state index is 0.00505. The van der Waals surface area contributed by atoms with E-state index in [0.717, 1.165) is 10.6 Å². The minimum Gasteiger partial charge on any atom is -0.497 e. The number of hydrogen-bond acceptors (Lipinski definition) is 3. The summed E-state index contributed by atoms with van der Waals surface area (Å²) in [7, 11) is 1.61. The largest absolute Gasteiger partial charge is 0.497 e. The predicted molar refractivity (Wildman–Crippen MR) is 75.4 cm³/mol. The molecule has 2 nitrogen and oxygen atoms in total. The van der Waals surface area contributed by atoms with Gasteiger partial charge in [-0.2, -0.15) is 0 Å². The molecule has 92 valence electrons. The van der Waals surface area contributed by atoms with Crippen molar-refractivity contribution < 1.29 is 9.53 Å². The molecule has 2 rings (SSSR count). The first-order valence-electron chi connectivity index (χ1n) is 5.61. The van der Waals surface area contributed by atoms with Gasteiger partial charge >= 0.3 is 0 Å². The van der Waals surface area contributed by atoms with Gasteiger partial charge in [0.05, 0.1) is 7.11 Å². The van der Waals surface area contributed by atoms with Gasteiger partial charge in [0.15, 0.2) is 5.78 Å². The molecule has 1 aromatic heterocycles. The van der Waals surface area contributed by atoms with E-state index < -0.39 is 0 Å². The SMILES string of the molecule is COc1ccc(C(=O)C=Cc2sccc2C)cc1. The van der Waals surface area contributed by atoms with E-state index in [1.807, 2.05) is 24.4 Å². The van der Waals surface area contributed by atoms with E-state index in [2.05, 4.69) is 0 Å². The number of aryl methyl sites for hydroxylation is 1. The van der Waals surface area contributed by atoms with Gasteiger partial charge in [-0.15, -0.1) is 11.3 Å². The minimum atomic E-state index is 0.00505. The van der Waals surface area contributed by atoms with E-state index in [1.165, 1.54) is 5.56 Å². The van der Waals surface area contributed by atoms with Crippen LogP contribution in [0.25, 0.3) is 6.08 Å². The van der Waals surface area contributed by atoms with Gasteiger partial charge in [-0.3, -0.25) is 4.79 Å². The van der Waals surface area contributed by atoms with Crippen molar-refractivity contribution in [3.63, 3.8) is 0 Å². The molecule has 0 saturated heterocycles. The summed E-state index contributed by atoms with van der Waals surface area (Å²) >= 11 is 1.63. The van der Waals surface area contributed by atoms with Crippen molar-refractivity contribution in [2.45, 2.75) is 6.92 Å². The fourth-order valence-electron chi connectivity index (χ4n) is 1.56. The average molecular weight is 258 g/mol. The summed E-state index contributed by atoms with van der Waals surface area (Å²) in [6.07, 6.45) is 3.48. The molecule has 0 aliphatic heterocycles. The number of carbonyl (C=O) groups is 1.